The van der Waals surface area contributed by atoms with Crippen molar-refractivity contribution in [1.82, 2.24) is 9.97 Å². The summed E-state index contributed by atoms with van der Waals surface area (Å²) in [6, 6.07) is 0. The Kier molecular flexibility index (Phi) is 4.95. The van der Waals surface area contributed by atoms with Crippen LogP contribution < -0.4 is 4.90 Å². The largest absolute Gasteiger partial charge is 0.449 e. The van der Waals surface area contributed by atoms with Gasteiger partial charge in [0.05, 0.1) is 12.3 Å². The van der Waals surface area contributed by atoms with Crippen LogP contribution in [0.5, 0.6) is 0 Å². The topological polar surface area (TPSA) is 55.3 Å². The lowest BCUT2D eigenvalue weighted by atomic mass is 10.3. The fourth-order valence-electron chi connectivity index (χ4n) is 1.33. The molecule has 0 unspecified atom stereocenters. The molecule has 1 aromatic rings. The minimum atomic E-state index is -0.452. The first kappa shape index (κ1) is 13.0. The highest BCUT2D eigenvalue weighted by Gasteiger charge is 2.19. The Hall–Kier alpha value is -2.09. The summed E-state index contributed by atoms with van der Waals surface area (Å²) < 4.78 is 4.96. The number of terminal acetylenes is 1. The number of hydrogen-bond donors (Lipinski definition) is 0. The maximum Gasteiger partial charge on any atom is 0.415 e. The van der Waals surface area contributed by atoms with Crippen LogP contribution in [0.4, 0.5) is 10.6 Å². The first-order valence-electron chi connectivity index (χ1n) is 5.36. The average Bonchev–Trinajstić information content (AvgIpc) is 2.32. The van der Waals surface area contributed by atoms with Crippen molar-refractivity contribution < 1.29 is 9.53 Å². The van der Waals surface area contributed by atoms with E-state index in [-0.39, 0.29) is 0 Å². The van der Waals surface area contributed by atoms with E-state index < -0.39 is 6.09 Å². The smallest absolute Gasteiger partial charge is 0.415 e. The van der Waals surface area contributed by atoms with Gasteiger partial charge in [0, 0.05) is 25.4 Å². The van der Waals surface area contributed by atoms with E-state index in [1.165, 1.54) is 11.1 Å². The Balaban J connectivity index is 2.94. The molecule has 5 heteroatoms. The maximum absolute atomic E-state index is 11.8. The van der Waals surface area contributed by atoms with E-state index in [2.05, 4.69) is 15.9 Å². The van der Waals surface area contributed by atoms with E-state index in [9.17, 15) is 4.79 Å². The molecule has 0 aliphatic heterocycles. The lowest BCUT2D eigenvalue weighted by molar-refractivity contribution is 0.159. The fourth-order valence-corrected chi connectivity index (χ4v) is 1.33. The number of nitrogens with zero attached hydrogens (tertiary/aromatic N) is 3. The molecule has 1 amide bonds. The Labute approximate surface area is 101 Å². The van der Waals surface area contributed by atoms with Gasteiger partial charge >= 0.3 is 6.09 Å². The van der Waals surface area contributed by atoms with Gasteiger partial charge in [0.15, 0.2) is 5.82 Å². The first-order valence-corrected chi connectivity index (χ1v) is 5.36. The molecule has 1 aromatic heterocycles. The zero-order chi connectivity index (χ0) is 12.7. The van der Waals surface area contributed by atoms with Gasteiger partial charge in [0.25, 0.3) is 0 Å². The van der Waals surface area contributed by atoms with Crippen molar-refractivity contribution >= 4 is 11.9 Å². The van der Waals surface area contributed by atoms with Crippen molar-refractivity contribution in [3.05, 3.63) is 18.1 Å². The Morgan fingerprint density at radius 1 is 1.53 bits per heavy atom. The number of amides is 1. The predicted molar refractivity (Wildman–Crippen MR) is 64.6 cm³/mol. The van der Waals surface area contributed by atoms with Crippen molar-refractivity contribution in [2.75, 3.05) is 18.1 Å². The molecular formula is C12H15N3O2. The van der Waals surface area contributed by atoms with Gasteiger partial charge in [-0.05, 0) is 13.8 Å². The molecule has 1 rings (SSSR count). The molecule has 0 radical (unpaired) electrons. The molecule has 0 saturated heterocycles. The predicted octanol–water partition coefficient (Wildman–Crippen LogP) is 1.77. The van der Waals surface area contributed by atoms with Gasteiger partial charge in [0.1, 0.15) is 0 Å². The van der Waals surface area contributed by atoms with Crippen molar-refractivity contribution in [2.45, 2.75) is 20.3 Å². The highest BCUT2D eigenvalue weighted by molar-refractivity contribution is 5.86. The quantitative estimate of drug-likeness (QED) is 0.744. The van der Waals surface area contributed by atoms with Crippen molar-refractivity contribution in [2.24, 2.45) is 0 Å². The molecule has 0 bridgehead atoms. The second-order valence-corrected chi connectivity index (χ2v) is 3.27. The van der Waals surface area contributed by atoms with Crippen LogP contribution in [-0.4, -0.2) is 29.2 Å². The van der Waals surface area contributed by atoms with Crippen LogP contribution in [0.3, 0.4) is 0 Å². The summed E-state index contributed by atoms with van der Waals surface area (Å²) in [5.41, 5.74) is 0.664. The number of ether oxygens (including phenoxy) is 1. The second-order valence-electron chi connectivity index (χ2n) is 3.27. The van der Waals surface area contributed by atoms with Gasteiger partial charge < -0.3 is 4.74 Å². The molecule has 1 heterocycles. The molecule has 17 heavy (non-hydrogen) atoms. The molecule has 0 fully saturated rings. The van der Waals surface area contributed by atoms with Crippen LogP contribution in [0.25, 0.3) is 0 Å². The Morgan fingerprint density at radius 2 is 2.24 bits per heavy atom. The highest BCUT2D eigenvalue weighted by Crippen LogP contribution is 2.15. The highest BCUT2D eigenvalue weighted by atomic mass is 16.6. The molecule has 5 nitrogen and oxygen atoms in total. The summed E-state index contributed by atoms with van der Waals surface area (Å²) in [7, 11) is 0. The van der Waals surface area contributed by atoms with E-state index in [4.69, 9.17) is 11.2 Å². The van der Waals surface area contributed by atoms with E-state index in [0.29, 0.717) is 31.1 Å². The Bertz CT molecular complexity index is 426. The lowest BCUT2D eigenvalue weighted by Crippen LogP contribution is -2.33. The average molecular weight is 233 g/mol. The van der Waals surface area contributed by atoms with Crippen molar-refractivity contribution in [3.63, 3.8) is 0 Å². The number of hydrogen-bond acceptors (Lipinski definition) is 4. The van der Waals surface area contributed by atoms with Gasteiger partial charge in [-0.2, -0.15) is 0 Å². The van der Waals surface area contributed by atoms with Crippen molar-refractivity contribution in [3.8, 4) is 12.3 Å². The second kappa shape index (κ2) is 6.48. The van der Waals surface area contributed by atoms with Crippen LogP contribution in [0, 0.1) is 19.3 Å². The van der Waals surface area contributed by atoms with Gasteiger partial charge in [-0.15, -0.1) is 12.3 Å². The summed E-state index contributed by atoms with van der Waals surface area (Å²) in [5, 5.41) is 0. The SMILES string of the molecule is C#CCCN(C(=O)OCC)c1nccnc1C. The summed E-state index contributed by atoms with van der Waals surface area (Å²) >= 11 is 0. The molecule has 0 atom stereocenters. The maximum atomic E-state index is 11.8. The van der Waals surface area contributed by atoms with Crippen LogP contribution in [0.1, 0.15) is 19.0 Å². The minimum Gasteiger partial charge on any atom is -0.449 e. The van der Waals surface area contributed by atoms with Gasteiger partial charge in [-0.25, -0.2) is 9.78 Å². The standard InChI is InChI=1S/C12H15N3O2/c1-4-6-9-15(12(16)17-5-2)11-10(3)13-7-8-14-11/h1,7-8H,5-6,9H2,2-3H3. The number of carbonyl (C=O) groups excluding carboxylic acids is 1. The summed E-state index contributed by atoms with van der Waals surface area (Å²) in [5.74, 6) is 2.97. The number of carbonyl (C=O) groups is 1. The van der Waals surface area contributed by atoms with Gasteiger partial charge in [-0.3, -0.25) is 9.88 Å². The normalized spacial score (nSPS) is 9.47. The fraction of sp³-hybridized carbons (Fsp3) is 0.417. The molecule has 90 valence electrons. The van der Waals surface area contributed by atoms with Crippen LogP contribution in [0.2, 0.25) is 0 Å². The van der Waals surface area contributed by atoms with E-state index >= 15 is 0 Å². The van der Waals surface area contributed by atoms with E-state index in [1.807, 2.05) is 0 Å². The molecular weight excluding hydrogens is 218 g/mol. The third kappa shape index (κ3) is 3.45. The molecule has 0 saturated carbocycles. The van der Waals surface area contributed by atoms with Crippen molar-refractivity contribution in [1.29, 1.82) is 0 Å². The summed E-state index contributed by atoms with van der Waals surface area (Å²) in [6.45, 7) is 4.21. The van der Waals surface area contributed by atoms with Crippen LogP contribution >= 0.6 is 0 Å². The minimum absolute atomic E-state index is 0.310. The monoisotopic (exact) mass is 233 g/mol. The van der Waals surface area contributed by atoms with E-state index in [0.717, 1.165) is 0 Å². The number of aryl methyl sites for hydroxylation is 1. The Morgan fingerprint density at radius 3 is 2.82 bits per heavy atom. The summed E-state index contributed by atoms with van der Waals surface area (Å²) in [6.07, 6.45) is 8.29. The zero-order valence-electron chi connectivity index (χ0n) is 10.0. The van der Waals surface area contributed by atoms with Crippen LogP contribution in [-0.2, 0) is 4.74 Å². The van der Waals surface area contributed by atoms with Gasteiger partial charge in [-0.1, -0.05) is 0 Å². The molecule has 0 spiro atoms. The van der Waals surface area contributed by atoms with E-state index in [1.54, 1.807) is 20.0 Å². The van der Waals surface area contributed by atoms with Gasteiger partial charge in [0.2, 0.25) is 0 Å². The molecule has 0 N–H and O–H groups in total. The first-order chi connectivity index (χ1) is 8.20. The lowest BCUT2D eigenvalue weighted by Gasteiger charge is -2.20. The third-order valence-electron chi connectivity index (χ3n) is 2.08. The molecule has 0 aliphatic rings. The number of aromatic nitrogens is 2. The zero-order valence-corrected chi connectivity index (χ0v) is 10.0. The number of anilines is 1. The molecule has 0 aliphatic carbocycles. The molecule has 0 aromatic carbocycles. The van der Waals surface area contributed by atoms with Crippen LogP contribution in [0.15, 0.2) is 12.4 Å². The third-order valence-corrected chi connectivity index (χ3v) is 2.08. The summed E-state index contributed by atoms with van der Waals surface area (Å²) in [4.78, 5) is 21.4. The number of rotatable bonds is 4.